The zero-order chi connectivity index (χ0) is 16.7. The molecule has 0 saturated heterocycles. The van der Waals surface area contributed by atoms with Gasteiger partial charge in [0, 0.05) is 12.6 Å². The fraction of sp³-hybridized carbons (Fsp3) is 0.188. The van der Waals surface area contributed by atoms with Gasteiger partial charge in [0.1, 0.15) is 18.6 Å². The molecule has 6 nitrogen and oxygen atoms in total. The molecule has 7 heteroatoms. The Bertz CT molecular complexity index is 668. The Kier molecular flexibility index (Phi) is 5.62. The number of rotatable bonds is 7. The second-order valence-electron chi connectivity index (χ2n) is 4.80. The van der Waals surface area contributed by atoms with E-state index in [1.165, 1.54) is 47.6 Å². The van der Waals surface area contributed by atoms with Crippen LogP contribution in [-0.4, -0.2) is 35.0 Å². The maximum Gasteiger partial charge on any atom is 0.245 e. The molecule has 0 aliphatic carbocycles. The smallest absolute Gasteiger partial charge is 0.245 e. The average molecular weight is 317 g/mol. The average Bonchev–Trinajstić information content (AvgIpc) is 3.02. The van der Waals surface area contributed by atoms with Gasteiger partial charge in [-0.25, -0.2) is 4.39 Å². The molecule has 0 aliphatic rings. The molecular weight excluding hydrogens is 301 g/mol. The van der Waals surface area contributed by atoms with Crippen LogP contribution in [0.3, 0.4) is 0 Å². The monoisotopic (exact) mass is 317 g/mol. The van der Waals surface area contributed by atoms with Crippen molar-refractivity contribution in [3.8, 4) is 0 Å². The SMILES string of the molecule is C=CCN(CC(=O)Nc1ccon1)C(=O)Cc1ccc(F)cc1. The van der Waals surface area contributed by atoms with Gasteiger partial charge in [0.25, 0.3) is 0 Å². The third-order valence-corrected chi connectivity index (χ3v) is 3.01. The highest BCUT2D eigenvalue weighted by molar-refractivity contribution is 5.94. The minimum atomic E-state index is -0.395. The Hall–Kier alpha value is -2.96. The van der Waals surface area contributed by atoms with Crippen LogP contribution < -0.4 is 5.32 Å². The van der Waals surface area contributed by atoms with Gasteiger partial charge >= 0.3 is 0 Å². The van der Waals surface area contributed by atoms with E-state index in [-0.39, 0.29) is 37.1 Å². The van der Waals surface area contributed by atoms with E-state index in [0.29, 0.717) is 5.56 Å². The normalized spacial score (nSPS) is 10.1. The maximum atomic E-state index is 12.9. The van der Waals surface area contributed by atoms with Crippen LogP contribution in [0.5, 0.6) is 0 Å². The summed E-state index contributed by atoms with van der Waals surface area (Å²) in [6.07, 6.45) is 2.94. The maximum absolute atomic E-state index is 12.9. The van der Waals surface area contributed by atoms with Crippen LogP contribution in [0.25, 0.3) is 0 Å². The van der Waals surface area contributed by atoms with Crippen LogP contribution in [0.2, 0.25) is 0 Å². The molecule has 23 heavy (non-hydrogen) atoms. The number of hydrogen-bond acceptors (Lipinski definition) is 4. The summed E-state index contributed by atoms with van der Waals surface area (Å²) in [6.45, 7) is 3.67. The largest absolute Gasteiger partial charge is 0.363 e. The predicted octanol–water partition coefficient (Wildman–Crippen LogP) is 2.01. The molecule has 0 spiro atoms. The lowest BCUT2D eigenvalue weighted by Gasteiger charge is -2.20. The minimum absolute atomic E-state index is 0.0748. The first-order valence-corrected chi connectivity index (χ1v) is 6.92. The Morgan fingerprint density at radius 1 is 1.30 bits per heavy atom. The van der Waals surface area contributed by atoms with E-state index >= 15 is 0 Å². The van der Waals surface area contributed by atoms with Gasteiger partial charge in [0.05, 0.1) is 6.42 Å². The third-order valence-electron chi connectivity index (χ3n) is 3.01. The number of nitrogens with one attached hydrogen (secondary N) is 1. The number of amides is 2. The molecule has 0 bridgehead atoms. The summed E-state index contributed by atoms with van der Waals surface area (Å²) >= 11 is 0. The van der Waals surface area contributed by atoms with Crippen molar-refractivity contribution in [1.82, 2.24) is 10.1 Å². The first kappa shape index (κ1) is 16.4. The molecule has 0 fully saturated rings. The number of carbonyl (C=O) groups is 2. The van der Waals surface area contributed by atoms with Crippen molar-refractivity contribution in [2.24, 2.45) is 0 Å². The molecule has 0 atom stereocenters. The lowest BCUT2D eigenvalue weighted by atomic mass is 10.1. The second kappa shape index (κ2) is 7.88. The number of anilines is 1. The van der Waals surface area contributed by atoms with Gasteiger partial charge in [-0.05, 0) is 17.7 Å². The fourth-order valence-electron chi connectivity index (χ4n) is 1.93. The first-order chi connectivity index (χ1) is 11.1. The van der Waals surface area contributed by atoms with Crippen molar-refractivity contribution in [2.45, 2.75) is 6.42 Å². The molecule has 0 saturated carbocycles. The van der Waals surface area contributed by atoms with Crippen molar-refractivity contribution in [2.75, 3.05) is 18.4 Å². The van der Waals surface area contributed by atoms with Crippen molar-refractivity contribution in [3.05, 3.63) is 60.6 Å². The molecule has 1 aromatic carbocycles. The lowest BCUT2D eigenvalue weighted by Crippen LogP contribution is -2.39. The van der Waals surface area contributed by atoms with Crippen molar-refractivity contribution in [1.29, 1.82) is 0 Å². The first-order valence-electron chi connectivity index (χ1n) is 6.92. The highest BCUT2D eigenvalue weighted by Crippen LogP contribution is 2.07. The third kappa shape index (κ3) is 5.06. The molecule has 0 radical (unpaired) electrons. The topological polar surface area (TPSA) is 75.4 Å². The number of aromatic nitrogens is 1. The molecular formula is C16H16FN3O3. The van der Waals surface area contributed by atoms with Crippen LogP contribution in [0.4, 0.5) is 10.2 Å². The molecule has 1 aromatic heterocycles. The van der Waals surface area contributed by atoms with Gasteiger partial charge < -0.3 is 14.7 Å². The van der Waals surface area contributed by atoms with E-state index in [4.69, 9.17) is 0 Å². The zero-order valence-corrected chi connectivity index (χ0v) is 12.4. The summed E-state index contributed by atoms with van der Waals surface area (Å²) in [6, 6.07) is 7.15. The molecule has 1 heterocycles. The number of hydrogen-bond donors (Lipinski definition) is 1. The van der Waals surface area contributed by atoms with E-state index in [1.807, 2.05) is 0 Å². The van der Waals surface area contributed by atoms with Crippen LogP contribution >= 0.6 is 0 Å². The van der Waals surface area contributed by atoms with Crippen molar-refractivity contribution >= 4 is 17.6 Å². The van der Waals surface area contributed by atoms with Gasteiger partial charge in [-0.1, -0.05) is 23.4 Å². The second-order valence-corrected chi connectivity index (χ2v) is 4.80. The summed E-state index contributed by atoms with van der Waals surface area (Å²) < 4.78 is 17.5. The van der Waals surface area contributed by atoms with Gasteiger partial charge in [0.2, 0.25) is 11.8 Å². The van der Waals surface area contributed by atoms with Gasteiger partial charge in [0.15, 0.2) is 5.82 Å². The van der Waals surface area contributed by atoms with Crippen LogP contribution in [0, 0.1) is 5.82 Å². The van der Waals surface area contributed by atoms with E-state index in [2.05, 4.69) is 21.6 Å². The van der Waals surface area contributed by atoms with Crippen molar-refractivity contribution in [3.63, 3.8) is 0 Å². The van der Waals surface area contributed by atoms with Gasteiger partial charge in [-0.2, -0.15) is 0 Å². The number of nitrogens with zero attached hydrogens (tertiary/aromatic N) is 2. The lowest BCUT2D eigenvalue weighted by molar-refractivity contribution is -0.133. The Labute approximate surface area is 132 Å². The summed E-state index contributed by atoms with van der Waals surface area (Å²) in [5.74, 6) is -0.740. The van der Waals surface area contributed by atoms with Crippen LogP contribution in [0.1, 0.15) is 5.56 Å². The van der Waals surface area contributed by atoms with Crippen molar-refractivity contribution < 1.29 is 18.5 Å². The van der Waals surface area contributed by atoms with E-state index in [1.54, 1.807) is 0 Å². The van der Waals surface area contributed by atoms with E-state index in [0.717, 1.165) is 0 Å². The van der Waals surface area contributed by atoms with Crippen LogP contribution in [0.15, 0.2) is 53.8 Å². The van der Waals surface area contributed by atoms with Gasteiger partial charge in [-0.15, -0.1) is 6.58 Å². The molecule has 1 N–H and O–H groups in total. The predicted molar refractivity (Wildman–Crippen MR) is 82.0 cm³/mol. The quantitative estimate of drug-likeness (QED) is 0.793. The summed E-state index contributed by atoms with van der Waals surface area (Å²) in [7, 11) is 0. The molecule has 2 aromatic rings. The van der Waals surface area contributed by atoms with E-state index < -0.39 is 5.91 Å². The van der Waals surface area contributed by atoms with E-state index in [9.17, 15) is 14.0 Å². The molecule has 2 rings (SSSR count). The highest BCUT2D eigenvalue weighted by Gasteiger charge is 2.17. The molecule has 0 unspecified atom stereocenters. The van der Waals surface area contributed by atoms with Gasteiger partial charge in [-0.3, -0.25) is 9.59 Å². The fourth-order valence-corrected chi connectivity index (χ4v) is 1.93. The zero-order valence-electron chi connectivity index (χ0n) is 12.4. The Morgan fingerprint density at radius 3 is 2.65 bits per heavy atom. The minimum Gasteiger partial charge on any atom is -0.363 e. The van der Waals surface area contributed by atoms with Crippen LogP contribution in [-0.2, 0) is 16.0 Å². The summed E-state index contributed by atoms with van der Waals surface area (Å²) in [4.78, 5) is 25.6. The highest BCUT2D eigenvalue weighted by atomic mass is 19.1. The standard InChI is InChI=1S/C16H16FN3O3/c1-2-8-20(11-15(21)18-14-7-9-23-19-14)16(22)10-12-3-5-13(17)6-4-12/h2-7,9H,1,8,10-11H2,(H,18,19,21). The Balaban J connectivity index is 1.96. The molecule has 2 amide bonds. The summed E-state index contributed by atoms with van der Waals surface area (Å²) in [5, 5.41) is 6.08. The summed E-state index contributed by atoms with van der Waals surface area (Å²) in [5.41, 5.74) is 0.669. The molecule has 0 aliphatic heterocycles. The number of carbonyl (C=O) groups excluding carboxylic acids is 2. The Morgan fingerprint density at radius 2 is 2.04 bits per heavy atom. The number of halogens is 1. The molecule has 120 valence electrons. The number of benzene rings is 1.